The highest BCUT2D eigenvalue weighted by molar-refractivity contribution is 5.84. The van der Waals surface area contributed by atoms with Crippen molar-refractivity contribution in [2.45, 2.75) is 58.5 Å². The minimum absolute atomic E-state index is 0.0895. The van der Waals surface area contributed by atoms with E-state index < -0.39 is 11.7 Å². The highest BCUT2D eigenvalue weighted by Crippen LogP contribution is 2.17. The van der Waals surface area contributed by atoms with Crippen LogP contribution in [0.2, 0.25) is 0 Å². The van der Waals surface area contributed by atoms with Gasteiger partial charge < -0.3 is 14.2 Å². The van der Waals surface area contributed by atoms with Gasteiger partial charge in [-0.15, -0.1) is 0 Å². The van der Waals surface area contributed by atoms with E-state index in [1.54, 1.807) is 0 Å². The average Bonchev–Trinajstić information content (AvgIpc) is 2.45. The van der Waals surface area contributed by atoms with Crippen LogP contribution in [0.1, 0.15) is 45.6 Å². The lowest BCUT2D eigenvalue weighted by Crippen LogP contribution is -2.27. The molecule has 1 fully saturated rings. The maximum Gasteiger partial charge on any atom is 0.412 e. The number of amides is 1. The zero-order chi connectivity index (χ0) is 16.0. The molecule has 5 heteroatoms. The van der Waals surface area contributed by atoms with Crippen LogP contribution in [0.5, 0.6) is 0 Å². The summed E-state index contributed by atoms with van der Waals surface area (Å²) in [6.07, 6.45) is 2.69. The van der Waals surface area contributed by atoms with Crippen LogP contribution >= 0.6 is 0 Å². The second kappa shape index (κ2) is 7.61. The minimum Gasteiger partial charge on any atom is -0.444 e. The van der Waals surface area contributed by atoms with Crippen LogP contribution in [0.4, 0.5) is 10.5 Å². The van der Waals surface area contributed by atoms with Crippen molar-refractivity contribution >= 4 is 11.8 Å². The molecule has 0 aliphatic carbocycles. The molecule has 22 heavy (non-hydrogen) atoms. The quantitative estimate of drug-likeness (QED) is 0.910. The fourth-order valence-electron chi connectivity index (χ4n) is 2.14. The maximum absolute atomic E-state index is 11.7. The molecule has 0 spiro atoms. The molecule has 1 saturated heterocycles. The number of carbonyl (C=O) groups excluding carboxylic acids is 1. The van der Waals surface area contributed by atoms with E-state index in [9.17, 15) is 4.79 Å². The number of benzene rings is 1. The molecule has 1 N–H and O–H groups in total. The van der Waals surface area contributed by atoms with E-state index in [0.717, 1.165) is 31.4 Å². The van der Waals surface area contributed by atoms with Gasteiger partial charge in [0.1, 0.15) is 5.60 Å². The van der Waals surface area contributed by atoms with Gasteiger partial charge in [-0.25, -0.2) is 4.79 Å². The van der Waals surface area contributed by atoms with Crippen LogP contribution in [0.25, 0.3) is 0 Å². The normalized spacial score (nSPS) is 18.8. The standard InChI is InChI=1S/C17H25NO4/c1-17(2,3)22-16(19)18-14-9-7-13(8-10-14)12-21-15-6-4-5-11-20-15/h7-10,15H,4-6,11-12H2,1-3H3,(H,18,19). The Kier molecular flexibility index (Phi) is 5.80. The van der Waals surface area contributed by atoms with Crippen LogP contribution in [-0.2, 0) is 20.8 Å². The number of ether oxygens (including phenoxy) is 3. The monoisotopic (exact) mass is 307 g/mol. The molecule has 1 aromatic carbocycles. The summed E-state index contributed by atoms with van der Waals surface area (Å²) in [7, 11) is 0. The van der Waals surface area contributed by atoms with E-state index in [2.05, 4.69) is 5.32 Å². The van der Waals surface area contributed by atoms with Gasteiger partial charge in [0.25, 0.3) is 0 Å². The molecule has 1 aromatic rings. The third kappa shape index (κ3) is 6.03. The van der Waals surface area contributed by atoms with E-state index in [1.165, 1.54) is 0 Å². The van der Waals surface area contributed by atoms with Crippen molar-refractivity contribution in [1.82, 2.24) is 0 Å². The Hall–Kier alpha value is -1.59. The first-order chi connectivity index (χ1) is 10.4. The fourth-order valence-corrected chi connectivity index (χ4v) is 2.14. The van der Waals surface area contributed by atoms with E-state index in [-0.39, 0.29) is 6.29 Å². The van der Waals surface area contributed by atoms with E-state index >= 15 is 0 Å². The Labute approximate surface area is 131 Å². The summed E-state index contributed by atoms with van der Waals surface area (Å²) in [5, 5.41) is 2.70. The maximum atomic E-state index is 11.7. The first kappa shape index (κ1) is 16.8. The summed E-state index contributed by atoms with van der Waals surface area (Å²) in [5.74, 6) is 0. The lowest BCUT2D eigenvalue weighted by atomic mass is 10.2. The van der Waals surface area contributed by atoms with Crippen LogP contribution in [-0.4, -0.2) is 24.6 Å². The smallest absolute Gasteiger partial charge is 0.412 e. The number of anilines is 1. The molecule has 0 radical (unpaired) electrons. The van der Waals surface area contributed by atoms with Crippen molar-refractivity contribution in [2.24, 2.45) is 0 Å². The van der Waals surface area contributed by atoms with Gasteiger partial charge in [0, 0.05) is 12.3 Å². The lowest BCUT2D eigenvalue weighted by Gasteiger charge is -2.22. The van der Waals surface area contributed by atoms with Crippen LogP contribution in [0, 0.1) is 0 Å². The number of rotatable bonds is 4. The van der Waals surface area contributed by atoms with E-state index in [4.69, 9.17) is 14.2 Å². The Morgan fingerprint density at radius 2 is 2.00 bits per heavy atom. The van der Waals surface area contributed by atoms with Crippen LogP contribution < -0.4 is 5.32 Å². The zero-order valence-corrected chi connectivity index (χ0v) is 13.6. The van der Waals surface area contributed by atoms with Gasteiger partial charge in [0.2, 0.25) is 0 Å². The van der Waals surface area contributed by atoms with Crippen molar-refractivity contribution in [2.75, 3.05) is 11.9 Å². The Morgan fingerprint density at radius 1 is 1.27 bits per heavy atom. The van der Waals surface area contributed by atoms with Gasteiger partial charge in [-0.05, 0) is 57.7 Å². The number of nitrogens with one attached hydrogen (secondary N) is 1. The van der Waals surface area contributed by atoms with Gasteiger partial charge in [0.15, 0.2) is 6.29 Å². The van der Waals surface area contributed by atoms with Gasteiger partial charge in [-0.3, -0.25) is 5.32 Å². The average molecular weight is 307 g/mol. The molecule has 1 heterocycles. The third-order valence-corrected chi connectivity index (χ3v) is 3.17. The molecule has 1 aliphatic rings. The molecule has 1 atom stereocenters. The van der Waals surface area contributed by atoms with Crippen molar-refractivity contribution in [1.29, 1.82) is 0 Å². The molecule has 1 amide bonds. The summed E-state index contributed by atoms with van der Waals surface area (Å²) in [5.41, 5.74) is 1.24. The highest BCUT2D eigenvalue weighted by atomic mass is 16.7. The Morgan fingerprint density at radius 3 is 2.59 bits per heavy atom. The topological polar surface area (TPSA) is 56.8 Å². The summed E-state index contributed by atoms with van der Waals surface area (Å²) in [4.78, 5) is 11.7. The van der Waals surface area contributed by atoms with Gasteiger partial charge in [0.05, 0.1) is 6.61 Å². The molecule has 1 aliphatic heterocycles. The first-order valence-electron chi connectivity index (χ1n) is 7.74. The summed E-state index contributed by atoms with van der Waals surface area (Å²) in [6, 6.07) is 7.53. The zero-order valence-electron chi connectivity index (χ0n) is 13.6. The largest absolute Gasteiger partial charge is 0.444 e. The number of hydrogen-bond acceptors (Lipinski definition) is 4. The molecule has 122 valence electrons. The van der Waals surface area contributed by atoms with Crippen molar-refractivity contribution in [3.05, 3.63) is 29.8 Å². The molecule has 0 aromatic heterocycles. The van der Waals surface area contributed by atoms with E-state index in [0.29, 0.717) is 12.3 Å². The molecule has 2 rings (SSSR count). The lowest BCUT2D eigenvalue weighted by molar-refractivity contribution is -0.168. The fraction of sp³-hybridized carbons (Fsp3) is 0.588. The Bertz CT molecular complexity index is 472. The summed E-state index contributed by atoms with van der Waals surface area (Å²) >= 11 is 0. The third-order valence-electron chi connectivity index (χ3n) is 3.17. The predicted molar refractivity (Wildman–Crippen MR) is 84.7 cm³/mol. The number of carbonyl (C=O) groups is 1. The summed E-state index contributed by atoms with van der Waals surface area (Å²) < 4.78 is 16.5. The van der Waals surface area contributed by atoms with Gasteiger partial charge in [-0.2, -0.15) is 0 Å². The molecular formula is C17H25NO4. The van der Waals surface area contributed by atoms with E-state index in [1.807, 2.05) is 45.0 Å². The van der Waals surface area contributed by atoms with Crippen molar-refractivity contribution in [3.63, 3.8) is 0 Å². The van der Waals surface area contributed by atoms with Crippen molar-refractivity contribution < 1.29 is 19.0 Å². The Balaban J connectivity index is 1.78. The highest BCUT2D eigenvalue weighted by Gasteiger charge is 2.16. The first-order valence-corrected chi connectivity index (χ1v) is 7.74. The SMILES string of the molecule is CC(C)(C)OC(=O)Nc1ccc(COC2CCCCO2)cc1. The summed E-state index contributed by atoms with van der Waals surface area (Å²) in [6.45, 7) is 6.79. The van der Waals surface area contributed by atoms with Crippen molar-refractivity contribution in [3.8, 4) is 0 Å². The van der Waals surface area contributed by atoms with Gasteiger partial charge in [-0.1, -0.05) is 12.1 Å². The second-order valence-electron chi connectivity index (χ2n) is 6.43. The number of hydrogen-bond donors (Lipinski definition) is 1. The van der Waals surface area contributed by atoms with Gasteiger partial charge >= 0.3 is 6.09 Å². The molecule has 5 nitrogen and oxygen atoms in total. The minimum atomic E-state index is -0.502. The predicted octanol–water partition coefficient (Wildman–Crippen LogP) is 4.08. The van der Waals surface area contributed by atoms with Crippen LogP contribution in [0.15, 0.2) is 24.3 Å². The molecule has 0 saturated carbocycles. The molecule has 0 bridgehead atoms. The molecular weight excluding hydrogens is 282 g/mol. The van der Waals surface area contributed by atoms with Crippen LogP contribution in [0.3, 0.4) is 0 Å². The molecule has 1 unspecified atom stereocenters. The second-order valence-corrected chi connectivity index (χ2v) is 6.43.